The summed E-state index contributed by atoms with van der Waals surface area (Å²) in [5.74, 6) is 0. The fourth-order valence-electron chi connectivity index (χ4n) is 0.541. The van der Waals surface area contributed by atoms with Crippen molar-refractivity contribution >= 4 is 44.7 Å². The lowest BCUT2D eigenvalue weighted by molar-refractivity contribution is 1.65. The lowest BCUT2D eigenvalue weighted by Crippen LogP contribution is -1.86. The van der Waals surface area contributed by atoms with Crippen LogP contribution < -0.4 is 2.14 Å². The maximum Gasteiger partial charge on any atom is 0.0712 e. The number of hydrogen-bond acceptors (Lipinski definition) is 1. The number of para-hydroxylation sites is 1. The molecule has 9 heavy (non-hydrogen) atoms. The summed E-state index contributed by atoms with van der Waals surface area (Å²) in [6.07, 6.45) is 0. The van der Waals surface area contributed by atoms with Crippen LogP contribution in [0, 0.1) is 0 Å². The summed E-state index contributed by atoms with van der Waals surface area (Å²) in [6.45, 7) is 0. The first kappa shape index (κ1) is 7.34. The van der Waals surface area contributed by atoms with Gasteiger partial charge in [0.15, 0.2) is 0 Å². The van der Waals surface area contributed by atoms with E-state index in [0.717, 1.165) is 5.69 Å². The molecule has 0 atom stereocenters. The summed E-state index contributed by atoms with van der Waals surface area (Å²) < 4.78 is 1.87. The molecule has 1 rings (SSSR count). The first-order valence-electron chi connectivity index (χ1n) is 2.47. The minimum absolute atomic E-state index is 1.15. The molecular formula is C6H5BrIN. The third-order valence-corrected chi connectivity index (χ3v) is 1.92. The number of nitrogens with zero attached hydrogens (tertiary/aromatic N) is 1. The molecule has 0 saturated heterocycles. The second kappa shape index (κ2) is 3.41. The van der Waals surface area contributed by atoms with Crippen molar-refractivity contribution in [3.8, 4) is 0 Å². The molecule has 0 saturated carbocycles. The molecule has 0 aliphatic carbocycles. The quantitative estimate of drug-likeness (QED) is 0.568. The topological polar surface area (TPSA) is 3.24 Å². The van der Waals surface area contributed by atoms with Gasteiger partial charge < -0.3 is 0 Å². The van der Waals surface area contributed by atoms with Gasteiger partial charge in [-0.3, -0.25) is 0 Å². The van der Waals surface area contributed by atoms with E-state index >= 15 is 0 Å². The average Bonchev–Trinajstić information content (AvgIpc) is 1.90. The molecule has 0 aliphatic rings. The summed E-state index contributed by atoms with van der Waals surface area (Å²) >= 11 is 5.46. The molecule has 1 nitrogen and oxygen atoms in total. The van der Waals surface area contributed by atoms with Gasteiger partial charge in [-0.1, -0.05) is 18.2 Å². The molecule has 0 amide bonds. The molecule has 0 aromatic heterocycles. The molecule has 1 aromatic rings. The highest BCUT2D eigenvalue weighted by molar-refractivity contribution is 14.1. The molecule has 0 spiro atoms. The van der Waals surface area contributed by atoms with Crippen molar-refractivity contribution < 1.29 is 0 Å². The lowest BCUT2D eigenvalue weighted by atomic mass is 10.3. The molecule has 0 unspecified atom stereocenters. The van der Waals surface area contributed by atoms with Gasteiger partial charge in [-0.25, -0.2) is 2.14 Å². The Bertz CT molecular complexity index is 176. The van der Waals surface area contributed by atoms with Gasteiger partial charge in [0.25, 0.3) is 0 Å². The van der Waals surface area contributed by atoms with E-state index < -0.39 is 0 Å². The van der Waals surface area contributed by atoms with E-state index in [1.807, 2.05) is 32.5 Å². The first-order valence-corrected chi connectivity index (χ1v) is 4.15. The number of anilines is 1. The van der Waals surface area contributed by atoms with Gasteiger partial charge in [0.2, 0.25) is 0 Å². The van der Waals surface area contributed by atoms with E-state index in [-0.39, 0.29) is 0 Å². The van der Waals surface area contributed by atoms with E-state index in [0.29, 0.717) is 0 Å². The highest BCUT2D eigenvalue weighted by Gasteiger charge is 1.92. The molecule has 0 fully saturated rings. The summed E-state index contributed by atoms with van der Waals surface area (Å²) in [5.41, 5.74) is 1.15. The summed E-state index contributed by atoms with van der Waals surface area (Å²) in [6, 6.07) is 10.1. The van der Waals surface area contributed by atoms with Gasteiger partial charge in [-0.05, 0) is 12.1 Å². The number of rotatable bonds is 1. The number of halogens is 2. The summed E-state index contributed by atoms with van der Waals surface area (Å²) in [7, 11) is 0. The maximum atomic E-state index is 3.30. The van der Waals surface area contributed by atoms with Crippen LogP contribution in [0.4, 0.5) is 5.69 Å². The molecule has 0 aliphatic heterocycles. The minimum atomic E-state index is 1.15. The Kier molecular flexibility index (Phi) is 2.78. The lowest BCUT2D eigenvalue weighted by Gasteiger charge is -2.03. The third kappa shape index (κ3) is 2.14. The third-order valence-electron chi connectivity index (χ3n) is 0.951. The fourth-order valence-corrected chi connectivity index (χ4v) is 1.10. The zero-order valence-electron chi connectivity index (χ0n) is 4.59. The van der Waals surface area contributed by atoms with E-state index in [9.17, 15) is 0 Å². The summed E-state index contributed by atoms with van der Waals surface area (Å²) in [5, 5.41) is 0. The molecule has 0 radical (unpaired) electrons. The predicted molar refractivity (Wildman–Crippen MR) is 51.9 cm³/mol. The first-order chi connectivity index (χ1) is 4.30. The molecule has 3 heteroatoms. The van der Waals surface area contributed by atoms with Crippen LogP contribution in [0.15, 0.2) is 30.3 Å². The predicted octanol–water partition coefficient (Wildman–Crippen LogP) is 3.15. The van der Waals surface area contributed by atoms with Crippen molar-refractivity contribution in [2.24, 2.45) is 0 Å². The van der Waals surface area contributed by atoms with Gasteiger partial charge in [0.05, 0.1) is 44.7 Å². The van der Waals surface area contributed by atoms with E-state index in [2.05, 4.69) is 39.0 Å². The smallest absolute Gasteiger partial charge is 0.0712 e. The molecule has 0 heterocycles. The minimum Gasteiger partial charge on any atom is -0.249 e. The largest absolute Gasteiger partial charge is 0.249 e. The monoisotopic (exact) mass is 297 g/mol. The molecule has 1 aromatic carbocycles. The van der Waals surface area contributed by atoms with Crippen LogP contribution in [-0.2, 0) is 0 Å². The van der Waals surface area contributed by atoms with Crippen LogP contribution in [0.2, 0.25) is 0 Å². The van der Waals surface area contributed by atoms with Crippen molar-refractivity contribution in [1.29, 1.82) is 0 Å². The van der Waals surface area contributed by atoms with E-state index in [1.54, 1.807) is 0 Å². The molecular weight excluding hydrogens is 293 g/mol. The van der Waals surface area contributed by atoms with Crippen LogP contribution in [0.5, 0.6) is 0 Å². The Labute approximate surface area is 76.9 Å². The Hall–Kier alpha value is 0.230. The van der Waals surface area contributed by atoms with Crippen LogP contribution in [-0.4, -0.2) is 0 Å². The van der Waals surface area contributed by atoms with Crippen molar-refractivity contribution in [1.82, 2.24) is 0 Å². The normalized spacial score (nSPS) is 9.11. The van der Waals surface area contributed by atoms with Gasteiger partial charge in [-0.15, -0.1) is 0 Å². The average molecular weight is 298 g/mol. The molecule has 0 bridgehead atoms. The number of hydrogen-bond donors (Lipinski definition) is 0. The Morgan fingerprint density at radius 2 is 1.78 bits per heavy atom. The van der Waals surface area contributed by atoms with Crippen LogP contribution in [0.1, 0.15) is 0 Å². The SMILES string of the molecule is BrN(I)c1ccccc1. The Morgan fingerprint density at radius 1 is 1.22 bits per heavy atom. The second-order valence-electron chi connectivity index (χ2n) is 1.57. The standard InChI is InChI=1S/C6H5BrIN/c7-9(8)6-4-2-1-3-5-6/h1-5H. The van der Waals surface area contributed by atoms with Gasteiger partial charge in [0, 0.05) is 0 Å². The second-order valence-corrected chi connectivity index (χ2v) is 4.57. The highest BCUT2D eigenvalue weighted by atomic mass is 127. The van der Waals surface area contributed by atoms with Gasteiger partial charge in [0.1, 0.15) is 0 Å². The van der Waals surface area contributed by atoms with Crippen molar-refractivity contribution in [3.05, 3.63) is 30.3 Å². The van der Waals surface area contributed by atoms with Gasteiger partial charge in [-0.2, -0.15) is 0 Å². The van der Waals surface area contributed by atoms with Crippen molar-refractivity contribution in [2.45, 2.75) is 0 Å². The van der Waals surface area contributed by atoms with Crippen molar-refractivity contribution in [3.63, 3.8) is 0 Å². The molecule has 0 N–H and O–H groups in total. The molecule has 48 valence electrons. The van der Waals surface area contributed by atoms with E-state index in [1.165, 1.54) is 0 Å². The zero-order valence-corrected chi connectivity index (χ0v) is 8.33. The number of benzene rings is 1. The summed E-state index contributed by atoms with van der Waals surface area (Å²) in [4.78, 5) is 0. The fraction of sp³-hybridized carbons (Fsp3) is 0. The van der Waals surface area contributed by atoms with Crippen molar-refractivity contribution in [2.75, 3.05) is 2.14 Å². The van der Waals surface area contributed by atoms with Crippen LogP contribution >= 0.6 is 39.0 Å². The van der Waals surface area contributed by atoms with Crippen LogP contribution in [0.3, 0.4) is 0 Å². The van der Waals surface area contributed by atoms with Gasteiger partial charge >= 0.3 is 0 Å². The maximum absolute atomic E-state index is 3.30. The van der Waals surface area contributed by atoms with E-state index in [4.69, 9.17) is 0 Å². The highest BCUT2D eigenvalue weighted by Crippen LogP contribution is 2.20. The van der Waals surface area contributed by atoms with Crippen LogP contribution in [0.25, 0.3) is 0 Å². The Balaban J connectivity index is 2.85. The zero-order chi connectivity index (χ0) is 6.69. The Morgan fingerprint density at radius 3 is 2.11 bits per heavy atom.